The molecule has 3 heterocycles. The molecule has 4 aromatic rings. The van der Waals surface area contributed by atoms with E-state index in [0.717, 1.165) is 22.2 Å². The molecule has 8 heteroatoms. The maximum atomic E-state index is 12.7. The molecule has 0 fully saturated rings. The van der Waals surface area contributed by atoms with Gasteiger partial charge in [0.2, 0.25) is 0 Å². The van der Waals surface area contributed by atoms with E-state index < -0.39 is 18.5 Å². The van der Waals surface area contributed by atoms with Crippen LogP contribution < -0.4 is 5.32 Å². The molecule has 8 nitrogen and oxygen atoms in total. The van der Waals surface area contributed by atoms with Gasteiger partial charge in [-0.15, -0.1) is 0 Å². The van der Waals surface area contributed by atoms with E-state index in [9.17, 15) is 14.9 Å². The molecule has 1 aromatic carbocycles. The monoisotopic (exact) mass is 430 g/mol. The first-order valence-electron chi connectivity index (χ1n) is 10.1. The van der Waals surface area contributed by atoms with Gasteiger partial charge in [-0.3, -0.25) is 4.79 Å². The highest BCUT2D eigenvalue weighted by molar-refractivity contribution is 6.06. The molecule has 0 unspecified atom stereocenters. The standard InChI is InChI=1S/C24H22N4O4/c1-14-16(3)28(12-17-7-6-10-31-17)23(19(14)11-25)27-21(29)13-32-24(30)22-15(2)26-20-9-5-4-8-18(20)22/h4-10,26H,12-13H2,1-3H3,(H,27,29). The molecule has 0 radical (unpaired) electrons. The first kappa shape index (κ1) is 21.0. The average Bonchev–Trinajstić information content (AvgIpc) is 3.46. The molecule has 0 saturated heterocycles. The molecule has 0 aliphatic carbocycles. The smallest absolute Gasteiger partial charge is 0.341 e. The number of anilines is 1. The Labute approximate surface area is 184 Å². The zero-order chi connectivity index (χ0) is 22.8. The number of H-pyrrole nitrogens is 1. The van der Waals surface area contributed by atoms with Gasteiger partial charge in [0.25, 0.3) is 5.91 Å². The van der Waals surface area contributed by atoms with E-state index in [0.29, 0.717) is 34.9 Å². The van der Waals surface area contributed by atoms with Crippen LogP contribution in [0.2, 0.25) is 0 Å². The number of aromatic amines is 1. The van der Waals surface area contributed by atoms with Crippen molar-refractivity contribution in [2.75, 3.05) is 11.9 Å². The van der Waals surface area contributed by atoms with Crippen LogP contribution in [0.4, 0.5) is 5.82 Å². The summed E-state index contributed by atoms with van der Waals surface area (Å²) in [4.78, 5) is 28.4. The number of benzene rings is 1. The van der Waals surface area contributed by atoms with E-state index in [1.165, 1.54) is 0 Å². The number of ether oxygens (including phenoxy) is 1. The Morgan fingerprint density at radius 1 is 1.19 bits per heavy atom. The van der Waals surface area contributed by atoms with E-state index >= 15 is 0 Å². The van der Waals surface area contributed by atoms with Crippen LogP contribution in [0, 0.1) is 32.1 Å². The number of carbonyl (C=O) groups excluding carboxylic acids is 2. The summed E-state index contributed by atoms with van der Waals surface area (Å²) >= 11 is 0. The number of hydrogen-bond donors (Lipinski definition) is 2. The van der Waals surface area contributed by atoms with Crippen molar-refractivity contribution in [3.63, 3.8) is 0 Å². The Morgan fingerprint density at radius 2 is 1.97 bits per heavy atom. The van der Waals surface area contributed by atoms with Crippen LogP contribution in [0.5, 0.6) is 0 Å². The lowest BCUT2D eigenvalue weighted by molar-refractivity contribution is -0.119. The lowest BCUT2D eigenvalue weighted by Crippen LogP contribution is -2.23. The van der Waals surface area contributed by atoms with Crippen molar-refractivity contribution in [1.29, 1.82) is 5.26 Å². The van der Waals surface area contributed by atoms with Gasteiger partial charge in [0.15, 0.2) is 6.61 Å². The van der Waals surface area contributed by atoms with Crippen LogP contribution in [-0.2, 0) is 16.1 Å². The minimum atomic E-state index is -0.589. The quantitative estimate of drug-likeness (QED) is 0.445. The number of fused-ring (bicyclic) bond motifs is 1. The van der Waals surface area contributed by atoms with Gasteiger partial charge < -0.3 is 24.0 Å². The number of amides is 1. The minimum absolute atomic E-state index is 0.350. The second-order valence-corrected chi connectivity index (χ2v) is 7.51. The highest BCUT2D eigenvalue weighted by Gasteiger charge is 2.22. The average molecular weight is 430 g/mol. The number of para-hydroxylation sites is 1. The van der Waals surface area contributed by atoms with Crippen molar-refractivity contribution in [3.05, 3.63) is 76.5 Å². The zero-order valence-electron chi connectivity index (χ0n) is 18.0. The summed E-state index contributed by atoms with van der Waals surface area (Å²) in [5.41, 5.74) is 3.85. The van der Waals surface area contributed by atoms with Gasteiger partial charge in [0.1, 0.15) is 17.6 Å². The lowest BCUT2D eigenvalue weighted by Gasteiger charge is -2.12. The van der Waals surface area contributed by atoms with Crippen LogP contribution >= 0.6 is 0 Å². The summed E-state index contributed by atoms with van der Waals surface area (Å²) < 4.78 is 12.5. The molecule has 0 spiro atoms. The predicted molar refractivity (Wildman–Crippen MR) is 118 cm³/mol. The third-order valence-electron chi connectivity index (χ3n) is 5.53. The van der Waals surface area contributed by atoms with E-state index in [-0.39, 0.29) is 0 Å². The molecule has 0 atom stereocenters. The fourth-order valence-corrected chi connectivity index (χ4v) is 3.80. The number of nitrogens with one attached hydrogen (secondary N) is 2. The molecule has 32 heavy (non-hydrogen) atoms. The van der Waals surface area contributed by atoms with Crippen LogP contribution in [-0.4, -0.2) is 28.0 Å². The molecular formula is C24H22N4O4. The Balaban J connectivity index is 1.52. The third-order valence-corrected chi connectivity index (χ3v) is 5.53. The van der Waals surface area contributed by atoms with E-state index in [1.54, 1.807) is 23.8 Å². The minimum Gasteiger partial charge on any atom is -0.467 e. The highest BCUT2D eigenvalue weighted by atomic mass is 16.5. The number of aryl methyl sites for hydroxylation is 1. The largest absolute Gasteiger partial charge is 0.467 e. The number of rotatable bonds is 6. The number of hydrogen-bond acceptors (Lipinski definition) is 5. The van der Waals surface area contributed by atoms with Gasteiger partial charge >= 0.3 is 5.97 Å². The summed E-state index contributed by atoms with van der Waals surface area (Å²) in [5.74, 6) is -0.0907. The Kier molecular flexibility index (Phi) is 5.56. The molecule has 4 rings (SSSR count). The van der Waals surface area contributed by atoms with Gasteiger partial charge in [-0.1, -0.05) is 18.2 Å². The number of esters is 1. The molecule has 0 saturated carbocycles. The van der Waals surface area contributed by atoms with Gasteiger partial charge in [0.05, 0.1) is 23.9 Å². The van der Waals surface area contributed by atoms with Crippen molar-refractivity contribution in [1.82, 2.24) is 9.55 Å². The van der Waals surface area contributed by atoms with Gasteiger partial charge in [-0.25, -0.2) is 4.79 Å². The fourth-order valence-electron chi connectivity index (χ4n) is 3.80. The molecule has 1 amide bonds. The summed E-state index contributed by atoms with van der Waals surface area (Å²) in [6.45, 7) is 5.34. The summed E-state index contributed by atoms with van der Waals surface area (Å²) in [6.07, 6.45) is 1.57. The number of nitriles is 1. The molecule has 0 aliphatic rings. The zero-order valence-corrected chi connectivity index (χ0v) is 18.0. The highest BCUT2D eigenvalue weighted by Crippen LogP contribution is 2.27. The topological polar surface area (TPSA) is 113 Å². The number of carbonyl (C=O) groups is 2. The second kappa shape index (κ2) is 8.47. The Bertz CT molecular complexity index is 1350. The van der Waals surface area contributed by atoms with Gasteiger partial charge in [0, 0.05) is 22.3 Å². The number of aromatic nitrogens is 2. The molecule has 162 valence electrons. The lowest BCUT2D eigenvalue weighted by atomic mass is 10.1. The Morgan fingerprint density at radius 3 is 2.69 bits per heavy atom. The molecule has 0 aliphatic heterocycles. The van der Waals surface area contributed by atoms with Crippen LogP contribution in [0.1, 0.15) is 38.6 Å². The first-order valence-corrected chi connectivity index (χ1v) is 10.1. The van der Waals surface area contributed by atoms with Crippen molar-refractivity contribution in [3.8, 4) is 6.07 Å². The van der Waals surface area contributed by atoms with Crippen LogP contribution in [0.25, 0.3) is 10.9 Å². The van der Waals surface area contributed by atoms with E-state index in [1.807, 2.05) is 44.2 Å². The van der Waals surface area contributed by atoms with E-state index in [4.69, 9.17) is 9.15 Å². The molecule has 2 N–H and O–H groups in total. The summed E-state index contributed by atoms with van der Waals surface area (Å²) in [5, 5.41) is 13.1. The van der Waals surface area contributed by atoms with Crippen molar-refractivity contribution >= 4 is 28.6 Å². The summed E-state index contributed by atoms with van der Waals surface area (Å²) in [7, 11) is 0. The van der Waals surface area contributed by atoms with Gasteiger partial charge in [-0.05, 0) is 44.5 Å². The van der Waals surface area contributed by atoms with Crippen molar-refractivity contribution in [2.24, 2.45) is 0 Å². The Hall–Kier alpha value is -4.25. The van der Waals surface area contributed by atoms with Crippen LogP contribution in [0.3, 0.4) is 0 Å². The van der Waals surface area contributed by atoms with Gasteiger partial charge in [-0.2, -0.15) is 5.26 Å². The summed E-state index contributed by atoms with van der Waals surface area (Å²) in [6, 6.07) is 13.1. The first-order chi connectivity index (χ1) is 15.4. The number of nitrogens with zero attached hydrogens (tertiary/aromatic N) is 2. The predicted octanol–water partition coefficient (Wildman–Crippen LogP) is 4.20. The molecule has 3 aromatic heterocycles. The maximum Gasteiger partial charge on any atom is 0.341 e. The maximum absolute atomic E-state index is 12.7. The SMILES string of the molecule is Cc1[nH]c2ccccc2c1C(=O)OCC(=O)Nc1c(C#N)c(C)c(C)n1Cc1ccco1. The number of furan rings is 1. The third kappa shape index (κ3) is 3.76. The van der Waals surface area contributed by atoms with Crippen LogP contribution in [0.15, 0.2) is 47.1 Å². The second-order valence-electron chi connectivity index (χ2n) is 7.51. The molecular weight excluding hydrogens is 408 g/mol. The van der Waals surface area contributed by atoms with Crippen molar-refractivity contribution < 1.29 is 18.7 Å². The molecule has 0 bridgehead atoms. The van der Waals surface area contributed by atoms with Crippen molar-refractivity contribution in [2.45, 2.75) is 27.3 Å². The normalized spacial score (nSPS) is 10.8. The van der Waals surface area contributed by atoms with E-state index in [2.05, 4.69) is 16.4 Å². The fraction of sp³-hybridized carbons (Fsp3) is 0.208.